The minimum Gasteiger partial charge on any atom is -0.316 e. The van der Waals surface area contributed by atoms with Gasteiger partial charge in [-0.25, -0.2) is 8.42 Å². The highest BCUT2D eigenvalue weighted by Gasteiger charge is 2.38. The van der Waals surface area contributed by atoms with Gasteiger partial charge in [0.1, 0.15) is 0 Å². The largest absolute Gasteiger partial charge is 0.316 e. The fourth-order valence-corrected chi connectivity index (χ4v) is 5.17. The van der Waals surface area contributed by atoms with E-state index in [9.17, 15) is 8.42 Å². The van der Waals surface area contributed by atoms with Crippen LogP contribution in [0.2, 0.25) is 0 Å². The molecule has 5 heteroatoms. The normalized spacial score (nSPS) is 27.5. The summed E-state index contributed by atoms with van der Waals surface area (Å²) in [5, 5.41) is 3.38. The Kier molecular flexibility index (Phi) is 3.60. The number of hydrogen-bond donors (Lipinski definition) is 1. The zero-order valence-electron chi connectivity index (χ0n) is 12.1. The molecule has 2 fully saturated rings. The molecule has 0 spiro atoms. The third kappa shape index (κ3) is 2.38. The van der Waals surface area contributed by atoms with Crippen LogP contribution in [0.3, 0.4) is 0 Å². The minimum absolute atomic E-state index is 0.474. The summed E-state index contributed by atoms with van der Waals surface area (Å²) in [6.07, 6.45) is 0.974. The maximum atomic E-state index is 12.9. The Morgan fingerprint density at radius 2 is 1.95 bits per heavy atom. The number of sulfonamides is 1. The average Bonchev–Trinajstić information content (AvgIpc) is 2.88. The van der Waals surface area contributed by atoms with E-state index in [1.807, 2.05) is 26.0 Å². The van der Waals surface area contributed by atoms with E-state index in [-0.39, 0.29) is 0 Å². The number of piperidine rings is 1. The number of nitrogens with zero attached hydrogens (tertiary/aromatic N) is 1. The molecule has 20 heavy (non-hydrogen) atoms. The van der Waals surface area contributed by atoms with Gasteiger partial charge in [-0.3, -0.25) is 0 Å². The van der Waals surface area contributed by atoms with Gasteiger partial charge in [0.05, 0.1) is 4.90 Å². The molecule has 0 aromatic heterocycles. The molecule has 2 atom stereocenters. The molecule has 1 N–H and O–H groups in total. The van der Waals surface area contributed by atoms with Crippen molar-refractivity contribution in [1.29, 1.82) is 0 Å². The van der Waals surface area contributed by atoms with Crippen molar-refractivity contribution >= 4 is 10.0 Å². The van der Waals surface area contributed by atoms with Crippen LogP contribution >= 0.6 is 0 Å². The van der Waals surface area contributed by atoms with Crippen LogP contribution in [-0.4, -0.2) is 38.9 Å². The van der Waals surface area contributed by atoms with Crippen molar-refractivity contribution in [1.82, 2.24) is 9.62 Å². The average molecular weight is 294 g/mol. The first-order valence-electron chi connectivity index (χ1n) is 7.26. The fourth-order valence-electron chi connectivity index (χ4n) is 3.34. The van der Waals surface area contributed by atoms with Crippen LogP contribution in [0, 0.1) is 25.7 Å². The van der Waals surface area contributed by atoms with Gasteiger partial charge in [0.2, 0.25) is 10.0 Å². The Balaban J connectivity index is 1.90. The molecule has 1 aromatic carbocycles. The van der Waals surface area contributed by atoms with E-state index >= 15 is 0 Å². The SMILES string of the molecule is Cc1ccc(C)c(S(=O)(=O)N2CCC3CNCC3C2)c1. The van der Waals surface area contributed by atoms with E-state index in [4.69, 9.17) is 0 Å². The summed E-state index contributed by atoms with van der Waals surface area (Å²) < 4.78 is 27.4. The maximum Gasteiger partial charge on any atom is 0.243 e. The van der Waals surface area contributed by atoms with E-state index in [0.717, 1.165) is 30.6 Å². The lowest BCUT2D eigenvalue weighted by molar-refractivity contribution is 0.228. The molecule has 0 bridgehead atoms. The molecule has 0 aliphatic carbocycles. The Bertz CT molecular complexity index is 612. The quantitative estimate of drug-likeness (QED) is 0.900. The van der Waals surface area contributed by atoms with E-state index in [1.165, 1.54) is 0 Å². The van der Waals surface area contributed by atoms with Gasteiger partial charge in [-0.1, -0.05) is 12.1 Å². The molecule has 1 aromatic rings. The summed E-state index contributed by atoms with van der Waals surface area (Å²) in [6.45, 7) is 7.11. The minimum atomic E-state index is -3.35. The highest BCUT2D eigenvalue weighted by Crippen LogP contribution is 2.31. The standard InChI is InChI=1S/C15H22N2O2S/c1-11-3-4-12(2)15(7-11)20(18,19)17-6-5-13-8-16-9-14(13)10-17/h3-4,7,13-14,16H,5-6,8-10H2,1-2H3. The second-order valence-electron chi connectivity index (χ2n) is 6.10. The van der Waals surface area contributed by atoms with Crippen molar-refractivity contribution in [3.8, 4) is 0 Å². The van der Waals surface area contributed by atoms with Crippen molar-refractivity contribution in [3.63, 3.8) is 0 Å². The Morgan fingerprint density at radius 3 is 2.75 bits per heavy atom. The molecular formula is C15H22N2O2S. The van der Waals surface area contributed by atoms with Crippen molar-refractivity contribution in [3.05, 3.63) is 29.3 Å². The van der Waals surface area contributed by atoms with Crippen LogP contribution in [0.15, 0.2) is 23.1 Å². The van der Waals surface area contributed by atoms with E-state index in [0.29, 0.717) is 29.8 Å². The van der Waals surface area contributed by atoms with Gasteiger partial charge in [-0.15, -0.1) is 0 Å². The van der Waals surface area contributed by atoms with Crippen LogP contribution in [0.1, 0.15) is 17.5 Å². The first-order valence-corrected chi connectivity index (χ1v) is 8.70. The first-order chi connectivity index (χ1) is 9.48. The summed E-state index contributed by atoms with van der Waals surface area (Å²) >= 11 is 0. The molecule has 4 nitrogen and oxygen atoms in total. The maximum absolute atomic E-state index is 12.9. The highest BCUT2D eigenvalue weighted by molar-refractivity contribution is 7.89. The van der Waals surface area contributed by atoms with Crippen molar-refractivity contribution < 1.29 is 8.42 Å². The molecule has 2 aliphatic rings. The van der Waals surface area contributed by atoms with Gasteiger partial charge in [0, 0.05) is 13.1 Å². The van der Waals surface area contributed by atoms with Crippen LogP contribution < -0.4 is 5.32 Å². The molecule has 110 valence electrons. The summed E-state index contributed by atoms with van der Waals surface area (Å²) in [5.74, 6) is 1.13. The lowest BCUT2D eigenvalue weighted by Crippen LogP contribution is -2.43. The van der Waals surface area contributed by atoms with Crippen LogP contribution in [-0.2, 0) is 10.0 Å². The Morgan fingerprint density at radius 1 is 1.20 bits per heavy atom. The molecule has 2 aliphatic heterocycles. The van der Waals surface area contributed by atoms with E-state index < -0.39 is 10.0 Å². The number of benzene rings is 1. The molecule has 0 saturated carbocycles. The van der Waals surface area contributed by atoms with Crippen LogP contribution in [0.5, 0.6) is 0 Å². The molecule has 2 unspecified atom stereocenters. The fraction of sp³-hybridized carbons (Fsp3) is 0.600. The Labute approximate surface area is 121 Å². The molecule has 2 heterocycles. The molecule has 3 rings (SSSR count). The predicted molar refractivity (Wildman–Crippen MR) is 79.1 cm³/mol. The van der Waals surface area contributed by atoms with Crippen LogP contribution in [0.25, 0.3) is 0 Å². The molecule has 0 radical (unpaired) electrons. The monoisotopic (exact) mass is 294 g/mol. The van der Waals surface area contributed by atoms with Crippen molar-refractivity contribution in [2.24, 2.45) is 11.8 Å². The number of nitrogens with one attached hydrogen (secondary N) is 1. The summed E-state index contributed by atoms with van der Waals surface area (Å²) in [7, 11) is -3.35. The second kappa shape index (κ2) is 5.13. The van der Waals surface area contributed by atoms with E-state index in [1.54, 1.807) is 10.4 Å². The van der Waals surface area contributed by atoms with Gasteiger partial charge in [0.15, 0.2) is 0 Å². The van der Waals surface area contributed by atoms with Gasteiger partial charge >= 0.3 is 0 Å². The van der Waals surface area contributed by atoms with Crippen molar-refractivity contribution in [2.45, 2.75) is 25.2 Å². The summed E-state index contributed by atoms with van der Waals surface area (Å²) in [5.41, 5.74) is 1.83. The molecular weight excluding hydrogens is 272 g/mol. The van der Waals surface area contributed by atoms with Gasteiger partial charge in [-0.05, 0) is 62.4 Å². The Hall–Kier alpha value is -0.910. The lowest BCUT2D eigenvalue weighted by Gasteiger charge is -2.33. The number of rotatable bonds is 2. The number of hydrogen-bond acceptors (Lipinski definition) is 3. The van der Waals surface area contributed by atoms with Gasteiger partial charge in [0.25, 0.3) is 0 Å². The summed E-state index contributed by atoms with van der Waals surface area (Å²) in [4.78, 5) is 0.474. The van der Waals surface area contributed by atoms with E-state index in [2.05, 4.69) is 5.32 Å². The zero-order chi connectivity index (χ0) is 14.3. The smallest absolute Gasteiger partial charge is 0.243 e. The van der Waals surface area contributed by atoms with Crippen molar-refractivity contribution in [2.75, 3.05) is 26.2 Å². The molecule has 0 amide bonds. The second-order valence-corrected chi connectivity index (χ2v) is 8.01. The zero-order valence-corrected chi connectivity index (χ0v) is 12.9. The van der Waals surface area contributed by atoms with Gasteiger partial charge < -0.3 is 5.32 Å². The third-order valence-corrected chi connectivity index (χ3v) is 6.64. The summed E-state index contributed by atoms with van der Waals surface area (Å²) in [6, 6.07) is 5.65. The number of fused-ring (bicyclic) bond motifs is 1. The predicted octanol–water partition coefficient (Wildman–Crippen LogP) is 1.53. The first kappa shape index (κ1) is 14.0. The lowest BCUT2D eigenvalue weighted by atomic mass is 9.90. The topological polar surface area (TPSA) is 49.4 Å². The third-order valence-electron chi connectivity index (χ3n) is 4.63. The number of aryl methyl sites for hydroxylation is 2. The highest BCUT2D eigenvalue weighted by atomic mass is 32.2. The van der Waals surface area contributed by atoms with Crippen LogP contribution in [0.4, 0.5) is 0 Å². The molecule has 2 saturated heterocycles. The van der Waals surface area contributed by atoms with Gasteiger partial charge in [-0.2, -0.15) is 4.31 Å².